The molecule has 0 N–H and O–H groups in total. The van der Waals surface area contributed by atoms with Crippen LogP contribution in [0.1, 0.15) is 0 Å². The van der Waals surface area contributed by atoms with Crippen LogP contribution in [0.25, 0.3) is 11.3 Å². The fourth-order valence-corrected chi connectivity index (χ4v) is 1.36. The van der Waals surface area contributed by atoms with Gasteiger partial charge >= 0.3 is 0 Å². The molecule has 0 bridgehead atoms. The summed E-state index contributed by atoms with van der Waals surface area (Å²) in [4.78, 5) is 0. The van der Waals surface area contributed by atoms with Crippen molar-refractivity contribution in [2.75, 3.05) is 0 Å². The van der Waals surface area contributed by atoms with Crippen molar-refractivity contribution in [3.05, 3.63) is 42.1 Å². The minimum atomic E-state index is -0.582. The van der Waals surface area contributed by atoms with Crippen LogP contribution >= 0.6 is 0 Å². The number of rotatable bonds is 1. The molecular weight excluding hydrogens is 186 g/mol. The van der Waals surface area contributed by atoms with Gasteiger partial charge in [0, 0.05) is 24.9 Å². The summed E-state index contributed by atoms with van der Waals surface area (Å²) in [6, 6.07) is 5.11. The Kier molecular flexibility index (Phi) is 2.04. The fourth-order valence-electron chi connectivity index (χ4n) is 1.36. The second-order valence-corrected chi connectivity index (χ2v) is 3.00. The molecule has 0 saturated carbocycles. The lowest BCUT2D eigenvalue weighted by Gasteiger charge is -2.02. The van der Waals surface area contributed by atoms with Gasteiger partial charge in [0.1, 0.15) is 11.6 Å². The van der Waals surface area contributed by atoms with Crippen molar-refractivity contribution in [3.63, 3.8) is 0 Å². The zero-order valence-corrected chi connectivity index (χ0v) is 7.54. The highest BCUT2D eigenvalue weighted by molar-refractivity contribution is 5.59. The Morgan fingerprint density at radius 3 is 2.29 bits per heavy atom. The van der Waals surface area contributed by atoms with E-state index in [-0.39, 0.29) is 0 Å². The van der Waals surface area contributed by atoms with Gasteiger partial charge in [0.15, 0.2) is 0 Å². The molecule has 0 radical (unpaired) electrons. The Hall–Kier alpha value is -1.71. The molecule has 0 fully saturated rings. The molecule has 2 rings (SSSR count). The molecule has 72 valence electrons. The van der Waals surface area contributed by atoms with E-state index in [4.69, 9.17) is 0 Å². The van der Waals surface area contributed by atoms with Crippen LogP contribution in [0.15, 0.2) is 30.5 Å². The number of nitrogens with zero attached hydrogens (tertiary/aromatic N) is 2. The molecule has 0 aliphatic heterocycles. The van der Waals surface area contributed by atoms with E-state index in [1.54, 1.807) is 24.0 Å². The maximum Gasteiger partial charge on any atom is 0.126 e. The number of benzene rings is 1. The number of aryl methyl sites for hydroxylation is 1. The highest BCUT2D eigenvalue weighted by Gasteiger charge is 2.05. The van der Waals surface area contributed by atoms with Crippen molar-refractivity contribution >= 4 is 0 Å². The van der Waals surface area contributed by atoms with Crippen molar-refractivity contribution in [3.8, 4) is 11.3 Å². The van der Waals surface area contributed by atoms with Gasteiger partial charge in [0.25, 0.3) is 0 Å². The first-order chi connectivity index (χ1) is 6.66. The normalized spacial score (nSPS) is 10.5. The quantitative estimate of drug-likeness (QED) is 0.681. The maximum atomic E-state index is 12.9. The van der Waals surface area contributed by atoms with Crippen LogP contribution in [0.5, 0.6) is 0 Å². The first kappa shape index (κ1) is 8.87. The predicted octanol–water partition coefficient (Wildman–Crippen LogP) is 2.37. The predicted molar refractivity (Wildman–Crippen MR) is 48.6 cm³/mol. The maximum absolute atomic E-state index is 12.9. The third kappa shape index (κ3) is 1.51. The minimum absolute atomic E-state index is 0.488. The first-order valence-electron chi connectivity index (χ1n) is 4.11. The van der Waals surface area contributed by atoms with Crippen LogP contribution in [0.2, 0.25) is 0 Å². The number of halogens is 2. The Labute approximate surface area is 79.8 Å². The van der Waals surface area contributed by atoms with Gasteiger partial charge in [-0.1, -0.05) is 0 Å². The highest BCUT2D eigenvalue weighted by atomic mass is 19.1. The third-order valence-corrected chi connectivity index (χ3v) is 1.98. The van der Waals surface area contributed by atoms with Gasteiger partial charge in [-0.15, -0.1) is 0 Å². The Morgan fingerprint density at radius 1 is 1.14 bits per heavy atom. The van der Waals surface area contributed by atoms with Gasteiger partial charge < -0.3 is 0 Å². The van der Waals surface area contributed by atoms with E-state index in [1.807, 2.05) is 0 Å². The molecule has 14 heavy (non-hydrogen) atoms. The van der Waals surface area contributed by atoms with E-state index < -0.39 is 11.6 Å². The lowest BCUT2D eigenvalue weighted by molar-refractivity contribution is 0.583. The molecule has 0 unspecified atom stereocenters. The standard InChI is InChI=1S/C10H8F2N2/c1-14-10(2-3-13-14)7-4-8(11)6-9(12)5-7/h2-6H,1H3. The van der Waals surface area contributed by atoms with Crippen molar-refractivity contribution in [2.24, 2.45) is 7.05 Å². The first-order valence-corrected chi connectivity index (χ1v) is 4.11. The summed E-state index contributed by atoms with van der Waals surface area (Å²) in [5.41, 5.74) is 1.17. The van der Waals surface area contributed by atoms with Gasteiger partial charge in [-0.05, 0) is 18.2 Å². The smallest absolute Gasteiger partial charge is 0.126 e. The minimum Gasteiger partial charge on any atom is -0.268 e. The molecule has 1 aromatic carbocycles. The molecule has 0 atom stereocenters. The average Bonchev–Trinajstić information content (AvgIpc) is 2.49. The van der Waals surface area contributed by atoms with E-state index in [0.29, 0.717) is 11.3 Å². The molecule has 0 spiro atoms. The Morgan fingerprint density at radius 2 is 1.79 bits per heavy atom. The molecule has 0 aliphatic carbocycles. The summed E-state index contributed by atoms with van der Waals surface area (Å²) in [6.45, 7) is 0. The number of aromatic nitrogens is 2. The molecule has 1 heterocycles. The SMILES string of the molecule is Cn1nccc1-c1cc(F)cc(F)c1. The van der Waals surface area contributed by atoms with Crippen molar-refractivity contribution in [2.45, 2.75) is 0 Å². The zero-order valence-electron chi connectivity index (χ0n) is 7.54. The van der Waals surface area contributed by atoms with Crippen molar-refractivity contribution in [1.82, 2.24) is 9.78 Å². The monoisotopic (exact) mass is 194 g/mol. The van der Waals surface area contributed by atoms with Crippen LogP contribution in [0, 0.1) is 11.6 Å². The molecule has 2 aromatic rings. The van der Waals surface area contributed by atoms with Gasteiger partial charge in [-0.3, -0.25) is 4.68 Å². The molecule has 0 saturated heterocycles. The van der Waals surface area contributed by atoms with Crippen LogP contribution in [0.4, 0.5) is 8.78 Å². The molecule has 0 amide bonds. The summed E-state index contributed by atoms with van der Waals surface area (Å²) in [6.07, 6.45) is 1.58. The van der Waals surface area contributed by atoms with Gasteiger partial charge in [0.2, 0.25) is 0 Å². The fraction of sp³-hybridized carbons (Fsp3) is 0.100. The number of hydrogen-bond donors (Lipinski definition) is 0. The van der Waals surface area contributed by atoms with Crippen LogP contribution in [0.3, 0.4) is 0 Å². The van der Waals surface area contributed by atoms with Gasteiger partial charge in [-0.25, -0.2) is 8.78 Å². The van der Waals surface area contributed by atoms with E-state index >= 15 is 0 Å². The van der Waals surface area contributed by atoms with Gasteiger partial charge in [-0.2, -0.15) is 5.10 Å². The van der Waals surface area contributed by atoms with E-state index in [1.165, 1.54) is 12.1 Å². The summed E-state index contributed by atoms with van der Waals surface area (Å²) < 4.78 is 27.3. The Bertz CT molecular complexity index is 443. The summed E-state index contributed by atoms with van der Waals surface area (Å²) >= 11 is 0. The van der Waals surface area contributed by atoms with Crippen LogP contribution in [-0.2, 0) is 7.05 Å². The lowest BCUT2D eigenvalue weighted by atomic mass is 10.1. The largest absolute Gasteiger partial charge is 0.268 e. The molecule has 1 aromatic heterocycles. The van der Waals surface area contributed by atoms with Crippen LogP contribution < -0.4 is 0 Å². The second-order valence-electron chi connectivity index (χ2n) is 3.00. The van der Waals surface area contributed by atoms with Crippen molar-refractivity contribution < 1.29 is 8.78 Å². The molecular formula is C10H8F2N2. The van der Waals surface area contributed by atoms with Crippen LogP contribution in [-0.4, -0.2) is 9.78 Å². The molecule has 0 aliphatic rings. The van der Waals surface area contributed by atoms with Gasteiger partial charge in [0.05, 0.1) is 5.69 Å². The molecule has 2 nitrogen and oxygen atoms in total. The topological polar surface area (TPSA) is 17.8 Å². The number of hydrogen-bond acceptors (Lipinski definition) is 1. The summed E-state index contributed by atoms with van der Waals surface area (Å²) in [5, 5.41) is 3.92. The zero-order chi connectivity index (χ0) is 10.1. The highest BCUT2D eigenvalue weighted by Crippen LogP contribution is 2.20. The van der Waals surface area contributed by atoms with Crippen molar-refractivity contribution in [1.29, 1.82) is 0 Å². The third-order valence-electron chi connectivity index (χ3n) is 1.98. The van der Waals surface area contributed by atoms with E-state index in [9.17, 15) is 8.78 Å². The lowest BCUT2D eigenvalue weighted by Crippen LogP contribution is -1.94. The molecule has 4 heteroatoms. The van der Waals surface area contributed by atoms with E-state index in [2.05, 4.69) is 5.10 Å². The average molecular weight is 194 g/mol. The second kappa shape index (κ2) is 3.21. The Balaban J connectivity index is 2.57. The van der Waals surface area contributed by atoms with E-state index in [0.717, 1.165) is 6.07 Å². The summed E-state index contributed by atoms with van der Waals surface area (Å²) in [7, 11) is 1.72. The summed E-state index contributed by atoms with van der Waals surface area (Å²) in [5.74, 6) is -1.16.